The van der Waals surface area contributed by atoms with Crippen molar-refractivity contribution >= 4 is 39.5 Å². The van der Waals surface area contributed by atoms with Gasteiger partial charge < -0.3 is 5.48 Å². The Morgan fingerprint density at radius 1 is 0.333 bits per heavy atom. The van der Waals surface area contributed by atoms with Crippen molar-refractivity contribution in [2.75, 3.05) is 0 Å². The van der Waals surface area contributed by atoms with Crippen LogP contribution < -0.4 is 0 Å². The average molecular weight is 596 g/mol. The summed E-state index contributed by atoms with van der Waals surface area (Å²) in [4.78, 5) is 0. The van der Waals surface area contributed by atoms with Crippen molar-refractivity contribution in [2.45, 2.75) is 145 Å². The Kier molecular flexibility index (Phi) is 36.6. The van der Waals surface area contributed by atoms with Crippen LogP contribution in [-0.2, 0) is 5.48 Å². The van der Waals surface area contributed by atoms with Crippen LogP contribution >= 0.6 is 0 Å². The van der Waals surface area contributed by atoms with Crippen LogP contribution in [0, 0.1) is 0 Å². The molecule has 27 heavy (non-hydrogen) atoms. The van der Waals surface area contributed by atoms with Crippen LogP contribution in [0.25, 0.3) is 0 Å². The summed E-state index contributed by atoms with van der Waals surface area (Å²) < 4.78 is 10.1. The van der Waals surface area contributed by atoms with E-state index in [-0.39, 0.29) is 5.48 Å². The van der Waals surface area contributed by atoms with Gasteiger partial charge in [-0.05, 0) is 0 Å². The minimum Gasteiger partial charge on any atom is -2.00 e. The van der Waals surface area contributed by atoms with Crippen LogP contribution in [-0.4, -0.2) is 39.5 Å². The monoisotopic (exact) mass is 598 g/mol. The summed E-state index contributed by atoms with van der Waals surface area (Å²) in [6.07, 6.45) is 17.7. The van der Waals surface area contributed by atoms with E-state index < -0.39 is 39.5 Å². The first kappa shape index (κ1) is 33.2. The average Bonchev–Trinajstić information content (AvgIpc) is 2.67. The van der Waals surface area contributed by atoms with E-state index in [0.29, 0.717) is 0 Å². The van der Waals surface area contributed by atoms with E-state index in [1.54, 1.807) is 26.6 Å². The second kappa shape index (κ2) is 29.8. The van der Waals surface area contributed by atoms with Crippen LogP contribution in [0.4, 0.5) is 0 Å². The molecule has 0 unspecified atom stereocenters. The van der Waals surface area contributed by atoms with Gasteiger partial charge in [-0.1, -0.05) is 0 Å². The molecule has 0 saturated heterocycles. The molecular formula is C24H54OSn2. The van der Waals surface area contributed by atoms with Gasteiger partial charge in [0, 0.05) is 0 Å². The predicted octanol–water partition coefficient (Wildman–Crippen LogP) is 9.64. The van der Waals surface area contributed by atoms with E-state index in [9.17, 15) is 0 Å². The Bertz CT molecular complexity index is 174. The minimum atomic E-state index is -0.839. The van der Waals surface area contributed by atoms with Crippen LogP contribution in [0.3, 0.4) is 0 Å². The summed E-state index contributed by atoms with van der Waals surface area (Å²) in [6, 6.07) is 0. The van der Waals surface area contributed by atoms with Crippen molar-refractivity contribution < 1.29 is 5.48 Å². The molecule has 0 saturated carbocycles. The van der Waals surface area contributed by atoms with Gasteiger partial charge in [0.1, 0.15) is 0 Å². The van der Waals surface area contributed by atoms with Gasteiger partial charge in [-0.15, -0.1) is 0 Å². The summed E-state index contributed by atoms with van der Waals surface area (Å²) in [5, 5.41) is 0. The van der Waals surface area contributed by atoms with Crippen LogP contribution in [0.2, 0.25) is 26.6 Å². The minimum absolute atomic E-state index is 0. The smallest absolute Gasteiger partial charge is 2.00 e. The third kappa shape index (κ3) is 27.6. The molecule has 0 rings (SSSR count). The van der Waals surface area contributed by atoms with E-state index in [1.807, 2.05) is 0 Å². The molecule has 0 aliphatic heterocycles. The van der Waals surface area contributed by atoms with Crippen molar-refractivity contribution in [3.63, 3.8) is 0 Å². The first-order valence-corrected chi connectivity index (χ1v) is 24.5. The summed E-state index contributed by atoms with van der Waals surface area (Å²) in [5.41, 5.74) is 0. The molecular weight excluding hydrogens is 542 g/mol. The summed E-state index contributed by atoms with van der Waals surface area (Å²) in [6.45, 7) is 14.0. The summed E-state index contributed by atoms with van der Waals surface area (Å²) in [7, 11) is 0. The van der Waals surface area contributed by atoms with E-state index >= 15 is 0 Å². The third-order valence-corrected chi connectivity index (χ3v) is 23.5. The van der Waals surface area contributed by atoms with E-state index in [1.165, 1.54) is 77.0 Å². The molecule has 0 atom stereocenters. The Hall–Kier alpha value is 1.56. The molecule has 0 heterocycles. The molecule has 0 aliphatic rings. The van der Waals surface area contributed by atoms with E-state index in [4.69, 9.17) is 0 Å². The molecule has 0 radical (unpaired) electrons. The first-order valence-electron chi connectivity index (χ1n) is 12.4. The molecule has 164 valence electrons. The maximum absolute atomic E-state index is 2.33. The molecule has 0 aromatic carbocycles. The Labute approximate surface area is 189 Å². The molecule has 0 aromatic rings. The number of hydrogen-bond acceptors (Lipinski definition) is 0. The normalized spacial score (nSPS) is 10.0. The van der Waals surface area contributed by atoms with Crippen LogP contribution in [0.1, 0.15) is 119 Å². The number of hydrogen-bond donors (Lipinski definition) is 0. The maximum atomic E-state index is 2.33. The largest absolute Gasteiger partial charge is 2.00 e. The number of rotatable bonds is 18. The molecule has 3 heteroatoms. The SMILES string of the molecule is CCC[CH2][Sn+]([CH2]CCC)[CH2]CCC.CCC[CH2][Sn+]([CH2]CCC)[CH2]CCC.[O-2]. The molecule has 1 nitrogen and oxygen atoms in total. The standard InChI is InChI=1S/6C4H9.O.2Sn/c6*1-3-4-2;;;/h6*1,3-4H2,2H3;;;/q;;;;;;-2;2*+1. The fourth-order valence-electron chi connectivity index (χ4n) is 3.31. The van der Waals surface area contributed by atoms with Gasteiger partial charge in [-0.2, -0.15) is 0 Å². The van der Waals surface area contributed by atoms with Crippen LogP contribution in [0.5, 0.6) is 0 Å². The summed E-state index contributed by atoms with van der Waals surface area (Å²) >= 11 is -1.68. The van der Waals surface area contributed by atoms with Crippen LogP contribution in [0.15, 0.2) is 0 Å². The zero-order chi connectivity index (χ0) is 19.9. The van der Waals surface area contributed by atoms with Crippen molar-refractivity contribution in [1.82, 2.24) is 0 Å². The quantitative estimate of drug-likeness (QED) is 0.141. The van der Waals surface area contributed by atoms with Gasteiger partial charge in [0.25, 0.3) is 0 Å². The van der Waals surface area contributed by atoms with E-state index in [0.717, 1.165) is 0 Å². The first-order chi connectivity index (χ1) is 12.7. The molecule has 0 spiro atoms. The molecule has 0 N–H and O–H groups in total. The predicted molar refractivity (Wildman–Crippen MR) is 130 cm³/mol. The second-order valence-electron chi connectivity index (χ2n) is 8.12. The second-order valence-corrected chi connectivity index (χ2v) is 25.2. The zero-order valence-corrected chi connectivity index (χ0v) is 25.8. The molecule has 0 fully saturated rings. The summed E-state index contributed by atoms with van der Waals surface area (Å²) in [5.74, 6) is 0. The Morgan fingerprint density at radius 3 is 0.593 bits per heavy atom. The fraction of sp³-hybridized carbons (Fsp3) is 1.00. The molecule has 0 aromatic heterocycles. The van der Waals surface area contributed by atoms with Gasteiger partial charge >= 0.3 is 185 Å². The van der Waals surface area contributed by atoms with Gasteiger partial charge in [-0.3, -0.25) is 0 Å². The topological polar surface area (TPSA) is 28.5 Å². The number of unbranched alkanes of at least 4 members (excludes halogenated alkanes) is 6. The van der Waals surface area contributed by atoms with E-state index in [2.05, 4.69) is 41.5 Å². The Balaban J connectivity index is -0.000000411. The van der Waals surface area contributed by atoms with Crippen molar-refractivity contribution in [1.29, 1.82) is 0 Å². The van der Waals surface area contributed by atoms with Gasteiger partial charge in [0.15, 0.2) is 0 Å². The van der Waals surface area contributed by atoms with Gasteiger partial charge in [0.05, 0.1) is 0 Å². The molecule has 0 amide bonds. The van der Waals surface area contributed by atoms with Crippen molar-refractivity contribution in [2.24, 2.45) is 0 Å². The Morgan fingerprint density at radius 2 is 0.481 bits per heavy atom. The van der Waals surface area contributed by atoms with Gasteiger partial charge in [-0.25, -0.2) is 0 Å². The third-order valence-electron chi connectivity index (χ3n) is 5.30. The molecule has 0 aliphatic carbocycles. The fourth-order valence-corrected chi connectivity index (χ4v) is 22.2. The zero-order valence-electron chi connectivity index (χ0n) is 20.1. The maximum Gasteiger partial charge on any atom is -2.00 e. The van der Waals surface area contributed by atoms with Crippen molar-refractivity contribution in [3.8, 4) is 0 Å². The van der Waals surface area contributed by atoms with Crippen molar-refractivity contribution in [3.05, 3.63) is 0 Å². The van der Waals surface area contributed by atoms with Gasteiger partial charge in [0.2, 0.25) is 0 Å². The molecule has 0 bridgehead atoms.